The summed E-state index contributed by atoms with van der Waals surface area (Å²) in [6, 6.07) is 1.85. The number of carbonyl (C=O) groups is 1. The topological polar surface area (TPSA) is 77.9 Å². The second-order valence-electron chi connectivity index (χ2n) is 7.13. The van der Waals surface area contributed by atoms with Gasteiger partial charge in [0.05, 0.1) is 32.6 Å². The number of anilines is 1. The van der Waals surface area contributed by atoms with Crippen molar-refractivity contribution in [3.05, 3.63) is 34.5 Å². The summed E-state index contributed by atoms with van der Waals surface area (Å²) in [6.45, 7) is 7.05. The summed E-state index contributed by atoms with van der Waals surface area (Å²) in [5, 5.41) is 5.69. The van der Waals surface area contributed by atoms with Gasteiger partial charge in [-0.1, -0.05) is 0 Å². The quantitative estimate of drug-likeness (QED) is 0.324. The third-order valence-electron chi connectivity index (χ3n) is 5.23. The number of aromatic nitrogens is 2. The molecule has 10 heteroatoms. The molecule has 0 saturated carbocycles. The van der Waals surface area contributed by atoms with Gasteiger partial charge in [-0.3, -0.25) is 0 Å². The van der Waals surface area contributed by atoms with E-state index in [1.165, 1.54) is 18.4 Å². The zero-order valence-electron chi connectivity index (χ0n) is 18.0. The highest BCUT2D eigenvalue weighted by Crippen LogP contribution is 2.28. The molecule has 1 N–H and O–H groups in total. The number of carbonyl (C=O) groups excluding carboxylic acids is 1. The maximum Gasteiger partial charge on any atom is 0.350 e. The molecule has 3 rings (SSSR count). The molecule has 1 saturated heterocycles. The van der Waals surface area contributed by atoms with Crippen molar-refractivity contribution in [2.45, 2.75) is 32.2 Å². The fourth-order valence-electron chi connectivity index (χ4n) is 3.59. The number of nitrogens with one attached hydrogen (secondary N) is 1. The smallest absolute Gasteiger partial charge is 0.350 e. The Morgan fingerprint density at radius 1 is 1.29 bits per heavy atom. The number of piperidine rings is 1. The fraction of sp³-hybridized carbons (Fsp3) is 0.571. The van der Waals surface area contributed by atoms with Gasteiger partial charge in [0.15, 0.2) is 5.11 Å². The predicted octanol–water partition coefficient (Wildman–Crippen LogP) is 3.36. The number of likely N-dealkylation sites (tertiary alicyclic amines) is 1. The molecule has 1 fully saturated rings. The number of hydrogen-bond acceptors (Lipinski definition) is 7. The number of esters is 1. The average Bonchev–Trinajstić information content (AvgIpc) is 3.45. The van der Waals surface area contributed by atoms with Crippen LogP contribution in [0.1, 0.15) is 41.2 Å². The van der Waals surface area contributed by atoms with Gasteiger partial charge in [0.25, 0.3) is 0 Å². The molecule has 2 aromatic rings. The average molecular weight is 467 g/mol. The monoisotopic (exact) mass is 466 g/mol. The number of rotatable bonds is 10. The van der Waals surface area contributed by atoms with Crippen LogP contribution >= 0.6 is 23.6 Å². The summed E-state index contributed by atoms with van der Waals surface area (Å²) in [7, 11) is 1.38. The van der Waals surface area contributed by atoms with Crippen LogP contribution in [0.15, 0.2) is 23.8 Å². The second kappa shape index (κ2) is 12.1. The minimum Gasteiger partial charge on any atom is -0.465 e. The maximum atomic E-state index is 11.9. The molecule has 3 heterocycles. The molecule has 1 aliphatic heterocycles. The zero-order chi connectivity index (χ0) is 22.1. The lowest BCUT2D eigenvalue weighted by atomic mass is 9.96. The number of ether oxygens (including phenoxy) is 3. The van der Waals surface area contributed by atoms with Crippen molar-refractivity contribution in [2.75, 3.05) is 51.9 Å². The highest BCUT2D eigenvalue weighted by atomic mass is 32.1. The first-order chi connectivity index (χ1) is 15.1. The minimum atomic E-state index is -0.354. The van der Waals surface area contributed by atoms with Crippen LogP contribution in [0.25, 0.3) is 0 Å². The molecule has 0 aromatic carbocycles. The molecule has 0 aliphatic carbocycles. The highest BCUT2D eigenvalue weighted by Gasteiger charge is 2.26. The van der Waals surface area contributed by atoms with Crippen LogP contribution in [0.3, 0.4) is 0 Å². The van der Waals surface area contributed by atoms with E-state index in [1.54, 1.807) is 0 Å². The SMILES string of the molecule is CCOCCOCCn1ccnc1C1CCN(C(=S)Nc2ccsc2C(=O)OC)CC1. The van der Waals surface area contributed by atoms with E-state index in [9.17, 15) is 4.79 Å². The lowest BCUT2D eigenvalue weighted by Gasteiger charge is -2.33. The van der Waals surface area contributed by atoms with Crippen molar-refractivity contribution >= 4 is 40.3 Å². The van der Waals surface area contributed by atoms with Crippen LogP contribution in [0.2, 0.25) is 0 Å². The molecule has 8 nitrogen and oxygen atoms in total. The molecule has 170 valence electrons. The molecule has 0 spiro atoms. The molecule has 0 bridgehead atoms. The Balaban J connectivity index is 1.47. The number of nitrogens with zero attached hydrogens (tertiary/aromatic N) is 3. The molecule has 0 unspecified atom stereocenters. The molecule has 31 heavy (non-hydrogen) atoms. The first-order valence-electron chi connectivity index (χ1n) is 10.5. The number of thiophene rings is 1. The third kappa shape index (κ3) is 6.49. The maximum absolute atomic E-state index is 11.9. The van der Waals surface area contributed by atoms with Crippen molar-refractivity contribution in [1.82, 2.24) is 14.5 Å². The van der Waals surface area contributed by atoms with Crippen LogP contribution in [-0.4, -0.2) is 72.2 Å². The lowest BCUT2D eigenvalue weighted by Crippen LogP contribution is -2.41. The standard InChI is InChI=1S/C21H30N4O4S2/c1-3-28-13-14-29-12-11-24-10-7-22-19(24)16-4-8-25(9-5-16)21(30)23-17-6-15-31-18(17)20(26)27-2/h6-7,10,15-16H,3-5,8-9,11-14H2,1-2H3,(H,23,30). The minimum absolute atomic E-state index is 0.354. The van der Waals surface area contributed by atoms with Gasteiger partial charge >= 0.3 is 5.97 Å². The van der Waals surface area contributed by atoms with Crippen LogP contribution in [0.5, 0.6) is 0 Å². The van der Waals surface area contributed by atoms with Gasteiger partial charge in [-0.15, -0.1) is 11.3 Å². The summed E-state index contributed by atoms with van der Waals surface area (Å²) in [5.74, 6) is 1.15. The van der Waals surface area contributed by atoms with Crippen LogP contribution < -0.4 is 5.32 Å². The first-order valence-corrected chi connectivity index (χ1v) is 11.8. The van der Waals surface area contributed by atoms with Gasteiger partial charge in [-0.05, 0) is 43.4 Å². The summed E-state index contributed by atoms with van der Waals surface area (Å²) in [5.41, 5.74) is 0.698. The number of hydrogen-bond donors (Lipinski definition) is 1. The van der Waals surface area contributed by atoms with Gasteiger partial charge in [-0.2, -0.15) is 0 Å². The largest absolute Gasteiger partial charge is 0.465 e. The van der Waals surface area contributed by atoms with Gasteiger partial charge in [0.2, 0.25) is 0 Å². The summed E-state index contributed by atoms with van der Waals surface area (Å²) in [4.78, 5) is 19.2. The van der Waals surface area contributed by atoms with Crippen molar-refractivity contribution in [1.29, 1.82) is 0 Å². The van der Waals surface area contributed by atoms with E-state index >= 15 is 0 Å². The van der Waals surface area contributed by atoms with E-state index in [1.807, 2.05) is 30.8 Å². The third-order valence-corrected chi connectivity index (χ3v) is 6.48. The Labute approximate surface area is 192 Å². The molecule has 0 amide bonds. The first kappa shape index (κ1) is 23.6. The summed E-state index contributed by atoms with van der Waals surface area (Å²) >= 11 is 6.93. The van der Waals surface area contributed by atoms with Crippen LogP contribution in [0, 0.1) is 0 Å². The highest BCUT2D eigenvalue weighted by molar-refractivity contribution is 7.80. The predicted molar refractivity (Wildman–Crippen MR) is 125 cm³/mol. The molecule has 0 atom stereocenters. The van der Waals surface area contributed by atoms with Crippen molar-refractivity contribution in [3.63, 3.8) is 0 Å². The summed E-state index contributed by atoms with van der Waals surface area (Å²) in [6.07, 6.45) is 5.82. The molecular weight excluding hydrogens is 436 g/mol. The Bertz CT molecular complexity index is 846. The Morgan fingerprint density at radius 3 is 2.81 bits per heavy atom. The summed E-state index contributed by atoms with van der Waals surface area (Å²) < 4.78 is 18.0. The number of thiocarbonyl (C=S) groups is 1. The van der Waals surface area contributed by atoms with E-state index in [0.29, 0.717) is 48.0 Å². The van der Waals surface area contributed by atoms with Gasteiger partial charge in [0.1, 0.15) is 10.7 Å². The molecule has 2 aromatic heterocycles. The van der Waals surface area contributed by atoms with E-state index in [-0.39, 0.29) is 5.97 Å². The van der Waals surface area contributed by atoms with Gasteiger partial charge in [0, 0.05) is 44.6 Å². The molecule has 1 aliphatic rings. The van der Waals surface area contributed by atoms with Crippen LogP contribution in [-0.2, 0) is 20.8 Å². The Kier molecular flexibility index (Phi) is 9.26. The number of methoxy groups -OCH3 is 1. The Hall–Kier alpha value is -2.01. The van der Waals surface area contributed by atoms with Crippen molar-refractivity contribution in [2.24, 2.45) is 0 Å². The Morgan fingerprint density at radius 2 is 2.06 bits per heavy atom. The van der Waals surface area contributed by atoms with E-state index in [0.717, 1.165) is 38.3 Å². The van der Waals surface area contributed by atoms with E-state index in [2.05, 4.69) is 19.8 Å². The van der Waals surface area contributed by atoms with Crippen molar-refractivity contribution < 1.29 is 19.0 Å². The fourth-order valence-corrected chi connectivity index (χ4v) is 4.65. The second-order valence-corrected chi connectivity index (χ2v) is 8.44. The number of imidazole rings is 1. The van der Waals surface area contributed by atoms with Crippen molar-refractivity contribution in [3.8, 4) is 0 Å². The van der Waals surface area contributed by atoms with Gasteiger partial charge < -0.3 is 29.0 Å². The van der Waals surface area contributed by atoms with Crippen LogP contribution in [0.4, 0.5) is 5.69 Å². The normalized spacial score (nSPS) is 14.6. The zero-order valence-corrected chi connectivity index (χ0v) is 19.7. The lowest BCUT2D eigenvalue weighted by molar-refractivity contribution is 0.0493. The van der Waals surface area contributed by atoms with E-state index < -0.39 is 0 Å². The van der Waals surface area contributed by atoms with Gasteiger partial charge in [-0.25, -0.2) is 9.78 Å². The van der Waals surface area contributed by atoms with E-state index in [4.69, 9.17) is 26.4 Å². The molecule has 0 radical (unpaired) electrons. The molecular formula is C21H30N4O4S2.